The van der Waals surface area contributed by atoms with Crippen LogP contribution in [0.25, 0.3) is 0 Å². The molecule has 0 saturated carbocycles. The second-order valence-corrected chi connectivity index (χ2v) is 13.1. The van der Waals surface area contributed by atoms with Crippen molar-refractivity contribution in [2.75, 3.05) is 0 Å². The molecule has 0 aromatic heterocycles. The standard InChI is InChI=1S/C5H12GeSi/c1-6(2,3)4-5-7/h1-3,7H3. The molecule has 0 N–H and O–H groups in total. The summed E-state index contributed by atoms with van der Waals surface area (Å²) >= 11 is -1.41. The summed E-state index contributed by atoms with van der Waals surface area (Å²) in [4.78, 5) is 0. The third-order valence-corrected chi connectivity index (χ3v) is 3.90. The first kappa shape index (κ1) is 7.32. The zero-order valence-corrected chi connectivity index (χ0v) is 9.60. The minimum atomic E-state index is -1.41. The fourth-order valence-electron chi connectivity index (χ4n) is 0.375. The Kier molecular flexibility index (Phi) is 2.70. The Bertz CT molecular complexity index is 101. The van der Waals surface area contributed by atoms with Crippen molar-refractivity contribution in [3.05, 3.63) is 0 Å². The van der Waals surface area contributed by atoms with Crippen molar-refractivity contribution < 1.29 is 0 Å². The van der Waals surface area contributed by atoms with Crippen LogP contribution < -0.4 is 0 Å². The van der Waals surface area contributed by atoms with Gasteiger partial charge in [0.25, 0.3) is 0 Å². The fourth-order valence-corrected chi connectivity index (χ4v) is 5.85. The molecule has 0 unspecified atom stereocenters. The quantitative estimate of drug-likeness (QED) is 0.362. The van der Waals surface area contributed by atoms with Gasteiger partial charge in [0, 0.05) is 0 Å². The Morgan fingerprint density at radius 1 is 1.29 bits per heavy atom. The van der Waals surface area contributed by atoms with Crippen molar-refractivity contribution in [3.8, 4) is 10.3 Å². The van der Waals surface area contributed by atoms with Crippen LogP contribution in [0.1, 0.15) is 0 Å². The van der Waals surface area contributed by atoms with Gasteiger partial charge < -0.3 is 0 Å². The molecule has 0 aliphatic carbocycles. The molecule has 0 rings (SSSR count). The maximum atomic E-state index is 3.28. The predicted molar refractivity (Wildman–Crippen MR) is 41.1 cm³/mol. The van der Waals surface area contributed by atoms with E-state index >= 15 is 0 Å². The van der Waals surface area contributed by atoms with E-state index in [1.165, 1.54) is 0 Å². The fraction of sp³-hybridized carbons (Fsp3) is 0.600. The second-order valence-electron chi connectivity index (χ2n) is 2.62. The Hall–Kier alpha value is 0.320. The Morgan fingerprint density at radius 3 is 1.71 bits per heavy atom. The molecule has 7 heavy (non-hydrogen) atoms. The molecule has 0 atom stereocenters. The van der Waals surface area contributed by atoms with Crippen LogP contribution in [-0.4, -0.2) is 23.5 Å². The van der Waals surface area contributed by atoms with E-state index in [2.05, 4.69) is 27.6 Å². The van der Waals surface area contributed by atoms with Crippen LogP contribution in [0.15, 0.2) is 0 Å². The van der Waals surface area contributed by atoms with Crippen molar-refractivity contribution >= 4 is 23.5 Å². The molecule has 0 aliphatic heterocycles. The maximum absolute atomic E-state index is 3.28. The molecule has 0 aromatic carbocycles. The van der Waals surface area contributed by atoms with E-state index in [9.17, 15) is 0 Å². The van der Waals surface area contributed by atoms with Gasteiger partial charge in [-0.15, -0.1) is 0 Å². The molecule has 0 aromatic rings. The van der Waals surface area contributed by atoms with Gasteiger partial charge >= 0.3 is 51.1 Å². The average Bonchev–Trinajstić information content (AvgIpc) is 1.30. The molecule has 0 nitrogen and oxygen atoms in total. The molecule has 0 amide bonds. The molecule has 0 spiro atoms. The van der Waals surface area contributed by atoms with E-state index in [1.807, 2.05) is 0 Å². The van der Waals surface area contributed by atoms with Gasteiger partial charge in [0.05, 0.1) is 0 Å². The van der Waals surface area contributed by atoms with E-state index in [1.54, 1.807) is 0 Å². The molecule has 0 heterocycles. The summed E-state index contributed by atoms with van der Waals surface area (Å²) in [5, 5.41) is 0. The van der Waals surface area contributed by atoms with E-state index in [0.29, 0.717) is 0 Å². The summed E-state index contributed by atoms with van der Waals surface area (Å²) < 4.78 is 3.28. The van der Waals surface area contributed by atoms with Gasteiger partial charge in [-0.05, 0) is 0 Å². The van der Waals surface area contributed by atoms with E-state index in [-0.39, 0.29) is 0 Å². The molecular weight excluding hydrogens is 161 g/mol. The summed E-state index contributed by atoms with van der Waals surface area (Å²) in [6.07, 6.45) is 0. The molecule has 0 saturated heterocycles. The monoisotopic (exact) mass is 174 g/mol. The number of rotatable bonds is 0. The van der Waals surface area contributed by atoms with Crippen LogP contribution in [-0.2, 0) is 0 Å². The summed E-state index contributed by atoms with van der Waals surface area (Å²) in [5.74, 6) is 6.93. The van der Waals surface area contributed by atoms with Crippen molar-refractivity contribution in [1.82, 2.24) is 0 Å². The van der Waals surface area contributed by atoms with Crippen LogP contribution >= 0.6 is 0 Å². The first-order valence-corrected chi connectivity index (χ1v) is 10.8. The first-order valence-electron chi connectivity index (χ1n) is 2.50. The van der Waals surface area contributed by atoms with Gasteiger partial charge in [0.2, 0.25) is 0 Å². The molecule has 40 valence electrons. The molecule has 0 bridgehead atoms. The zero-order valence-electron chi connectivity index (χ0n) is 5.50. The Labute approximate surface area is 51.5 Å². The van der Waals surface area contributed by atoms with Gasteiger partial charge in [0.1, 0.15) is 0 Å². The molecular formula is C5H12GeSi. The van der Waals surface area contributed by atoms with Crippen molar-refractivity contribution in [2.45, 2.75) is 17.3 Å². The minimum absolute atomic E-state index is 1.06. The van der Waals surface area contributed by atoms with Crippen molar-refractivity contribution in [3.63, 3.8) is 0 Å². The zero-order chi connectivity index (χ0) is 5.91. The summed E-state index contributed by atoms with van der Waals surface area (Å²) in [6, 6.07) is 0. The Balaban J connectivity index is 3.72. The molecule has 0 fully saturated rings. The molecule has 0 radical (unpaired) electrons. The third kappa shape index (κ3) is 6.32. The van der Waals surface area contributed by atoms with Gasteiger partial charge in [-0.25, -0.2) is 0 Å². The van der Waals surface area contributed by atoms with Crippen LogP contribution in [0.2, 0.25) is 17.3 Å². The molecule has 2 heteroatoms. The third-order valence-electron chi connectivity index (χ3n) is 0.500. The van der Waals surface area contributed by atoms with Crippen LogP contribution in [0, 0.1) is 10.3 Å². The number of hydrogen-bond donors (Lipinski definition) is 0. The number of hydrogen-bond acceptors (Lipinski definition) is 0. The van der Waals surface area contributed by atoms with E-state index in [0.717, 1.165) is 10.2 Å². The average molecular weight is 173 g/mol. The predicted octanol–water partition coefficient (Wildman–Crippen LogP) is 0.190. The topological polar surface area (TPSA) is 0 Å². The van der Waals surface area contributed by atoms with Crippen LogP contribution in [0.4, 0.5) is 0 Å². The van der Waals surface area contributed by atoms with Crippen molar-refractivity contribution in [2.24, 2.45) is 0 Å². The van der Waals surface area contributed by atoms with E-state index in [4.69, 9.17) is 0 Å². The summed E-state index contributed by atoms with van der Waals surface area (Å²) in [6.45, 7) is 0. The Morgan fingerprint density at radius 2 is 1.71 bits per heavy atom. The second kappa shape index (κ2) is 2.58. The van der Waals surface area contributed by atoms with Crippen molar-refractivity contribution in [1.29, 1.82) is 0 Å². The van der Waals surface area contributed by atoms with Crippen LogP contribution in [0.3, 0.4) is 0 Å². The van der Waals surface area contributed by atoms with Gasteiger partial charge in [-0.2, -0.15) is 0 Å². The van der Waals surface area contributed by atoms with Gasteiger partial charge in [0.15, 0.2) is 0 Å². The summed E-state index contributed by atoms with van der Waals surface area (Å²) in [5.41, 5.74) is 3.08. The molecule has 0 aliphatic rings. The normalized spacial score (nSPS) is 10.1. The van der Waals surface area contributed by atoms with Gasteiger partial charge in [-0.3, -0.25) is 0 Å². The van der Waals surface area contributed by atoms with Crippen LogP contribution in [0.5, 0.6) is 0 Å². The van der Waals surface area contributed by atoms with Gasteiger partial charge in [-0.1, -0.05) is 0 Å². The SMILES string of the molecule is [CH3][Ge]([CH3])([CH3])[C]#C[SiH3]. The summed E-state index contributed by atoms with van der Waals surface area (Å²) in [7, 11) is 1.06. The first-order chi connectivity index (χ1) is 3.06. The van der Waals surface area contributed by atoms with E-state index < -0.39 is 13.3 Å².